The predicted octanol–water partition coefficient (Wildman–Crippen LogP) is 6.20. The van der Waals surface area contributed by atoms with E-state index in [1.807, 2.05) is 0 Å². The first-order valence-electron chi connectivity index (χ1n) is 11.6. The van der Waals surface area contributed by atoms with Gasteiger partial charge >= 0.3 is 0 Å². The van der Waals surface area contributed by atoms with Gasteiger partial charge in [0.15, 0.2) is 0 Å². The van der Waals surface area contributed by atoms with Gasteiger partial charge in [0.1, 0.15) is 0 Å². The van der Waals surface area contributed by atoms with Gasteiger partial charge in [-0.1, -0.05) is 121 Å². The Bertz CT molecular complexity index is 1640. The van der Waals surface area contributed by atoms with Gasteiger partial charge in [-0.25, -0.2) is 0 Å². The largest absolute Gasteiger partial charge is 0.242 e. The van der Waals surface area contributed by atoms with Gasteiger partial charge in [-0.2, -0.15) is 0 Å². The van der Waals surface area contributed by atoms with Gasteiger partial charge < -0.3 is 0 Å². The van der Waals surface area contributed by atoms with Crippen LogP contribution in [0.3, 0.4) is 0 Å². The SMILES string of the molecule is CC(C)c1ccc2cc3c4c(ccc5ccc1c2c54)B(c1ccccc1)c1ccccc1-3. The van der Waals surface area contributed by atoms with Crippen LogP contribution in [-0.4, -0.2) is 6.71 Å². The average Bonchev–Trinajstić information content (AvgIpc) is 2.84. The van der Waals surface area contributed by atoms with Gasteiger partial charge in [0.25, 0.3) is 0 Å². The first-order chi connectivity index (χ1) is 15.7. The fraction of sp³-hybridized carbons (Fsp3) is 0.0968. The van der Waals surface area contributed by atoms with Crippen molar-refractivity contribution in [3.8, 4) is 11.1 Å². The summed E-state index contributed by atoms with van der Waals surface area (Å²) in [6, 6.07) is 36.5. The Labute approximate surface area is 188 Å². The molecule has 1 aliphatic heterocycles. The van der Waals surface area contributed by atoms with Crippen molar-refractivity contribution >= 4 is 55.4 Å². The van der Waals surface area contributed by atoms with Crippen molar-refractivity contribution in [3.05, 3.63) is 103 Å². The first kappa shape index (κ1) is 18.0. The molecule has 0 nitrogen and oxygen atoms in total. The van der Waals surface area contributed by atoms with Crippen LogP contribution in [0, 0.1) is 0 Å². The second kappa shape index (κ2) is 6.47. The predicted molar refractivity (Wildman–Crippen MR) is 141 cm³/mol. The summed E-state index contributed by atoms with van der Waals surface area (Å²) in [6.45, 7) is 4.86. The Morgan fingerprint density at radius 2 is 1.31 bits per heavy atom. The molecule has 0 aromatic heterocycles. The molecule has 0 atom stereocenters. The number of fused-ring (bicyclic) bond motifs is 2. The minimum atomic E-state index is 0.258. The molecule has 0 saturated carbocycles. The summed E-state index contributed by atoms with van der Waals surface area (Å²) in [5.74, 6) is 0.504. The van der Waals surface area contributed by atoms with E-state index in [0.717, 1.165) is 0 Å². The highest BCUT2D eigenvalue weighted by molar-refractivity contribution is 6.98. The van der Waals surface area contributed by atoms with Crippen LogP contribution < -0.4 is 16.4 Å². The molecular formula is C31H23B. The summed E-state index contributed by atoms with van der Waals surface area (Å²) in [7, 11) is 0. The van der Waals surface area contributed by atoms with Gasteiger partial charge in [-0.3, -0.25) is 0 Å². The molecule has 1 aliphatic rings. The molecule has 0 spiro atoms. The van der Waals surface area contributed by atoms with E-state index >= 15 is 0 Å². The fourth-order valence-corrected chi connectivity index (χ4v) is 6.09. The number of rotatable bonds is 2. The number of hydrogen-bond donors (Lipinski definition) is 0. The Morgan fingerprint density at radius 3 is 2.16 bits per heavy atom. The molecule has 0 saturated heterocycles. The monoisotopic (exact) mass is 406 g/mol. The molecule has 0 N–H and O–H groups in total. The highest BCUT2D eigenvalue weighted by Crippen LogP contribution is 2.42. The van der Waals surface area contributed by atoms with Crippen molar-refractivity contribution < 1.29 is 0 Å². The zero-order valence-corrected chi connectivity index (χ0v) is 18.4. The van der Waals surface area contributed by atoms with Crippen LogP contribution in [0.5, 0.6) is 0 Å². The second-order valence-corrected chi connectivity index (χ2v) is 9.50. The molecule has 6 aromatic carbocycles. The van der Waals surface area contributed by atoms with Crippen molar-refractivity contribution in [2.24, 2.45) is 0 Å². The van der Waals surface area contributed by atoms with E-state index in [1.165, 1.54) is 65.4 Å². The highest BCUT2D eigenvalue weighted by atomic mass is 14.2. The van der Waals surface area contributed by atoms with Crippen LogP contribution in [-0.2, 0) is 0 Å². The lowest BCUT2D eigenvalue weighted by molar-refractivity contribution is 0.877. The van der Waals surface area contributed by atoms with Crippen LogP contribution in [0.2, 0.25) is 0 Å². The molecule has 0 unspecified atom stereocenters. The lowest BCUT2D eigenvalue weighted by Crippen LogP contribution is -2.54. The molecule has 6 aromatic rings. The summed E-state index contributed by atoms with van der Waals surface area (Å²) in [4.78, 5) is 0. The van der Waals surface area contributed by atoms with Gasteiger partial charge in [0.05, 0.1) is 0 Å². The maximum Gasteiger partial charge on any atom is 0.242 e. The normalized spacial score (nSPS) is 12.9. The van der Waals surface area contributed by atoms with E-state index < -0.39 is 0 Å². The van der Waals surface area contributed by atoms with E-state index in [4.69, 9.17) is 0 Å². The average molecular weight is 406 g/mol. The molecule has 32 heavy (non-hydrogen) atoms. The van der Waals surface area contributed by atoms with Crippen LogP contribution in [0.15, 0.2) is 97.1 Å². The van der Waals surface area contributed by atoms with E-state index in [0.29, 0.717) is 5.92 Å². The van der Waals surface area contributed by atoms with Gasteiger partial charge in [-0.15, -0.1) is 0 Å². The molecule has 1 heteroatoms. The zero-order chi connectivity index (χ0) is 21.4. The Balaban J connectivity index is 1.71. The molecular weight excluding hydrogens is 383 g/mol. The number of hydrogen-bond acceptors (Lipinski definition) is 0. The van der Waals surface area contributed by atoms with Crippen molar-refractivity contribution in [3.63, 3.8) is 0 Å². The Kier molecular flexibility index (Phi) is 3.64. The fourth-order valence-electron chi connectivity index (χ4n) is 6.09. The summed E-state index contributed by atoms with van der Waals surface area (Å²) in [6.07, 6.45) is 0. The summed E-state index contributed by atoms with van der Waals surface area (Å²) in [5, 5.41) is 8.40. The molecule has 0 radical (unpaired) electrons. The zero-order valence-electron chi connectivity index (χ0n) is 18.4. The molecule has 0 aliphatic carbocycles. The van der Waals surface area contributed by atoms with Gasteiger partial charge in [0, 0.05) is 0 Å². The van der Waals surface area contributed by atoms with Crippen molar-refractivity contribution in [1.82, 2.24) is 0 Å². The van der Waals surface area contributed by atoms with E-state index in [-0.39, 0.29) is 6.71 Å². The minimum absolute atomic E-state index is 0.258. The van der Waals surface area contributed by atoms with Crippen LogP contribution in [0.1, 0.15) is 25.3 Å². The minimum Gasteiger partial charge on any atom is -0.0686 e. The summed E-state index contributed by atoms with van der Waals surface area (Å²) >= 11 is 0. The topological polar surface area (TPSA) is 0 Å². The molecule has 0 fully saturated rings. The van der Waals surface area contributed by atoms with E-state index in [2.05, 4.69) is 111 Å². The highest BCUT2D eigenvalue weighted by Gasteiger charge is 2.32. The maximum atomic E-state index is 2.44. The molecule has 0 amide bonds. The molecule has 150 valence electrons. The second-order valence-electron chi connectivity index (χ2n) is 9.50. The summed E-state index contributed by atoms with van der Waals surface area (Å²) in [5.41, 5.74) is 8.40. The lowest BCUT2D eigenvalue weighted by Gasteiger charge is -2.29. The lowest BCUT2D eigenvalue weighted by atomic mass is 9.33. The standard InChI is InChI=1S/C31H23B/c1-19(2)23-15-13-21-18-26-24-10-6-7-11-27(24)32(22-8-4-3-5-9-22)28-17-14-20-12-16-25(23)29(21)30(20)31(26)28/h3-19H,1-2H3. The van der Waals surface area contributed by atoms with Crippen LogP contribution >= 0.6 is 0 Å². The van der Waals surface area contributed by atoms with E-state index in [1.54, 1.807) is 0 Å². The molecule has 0 bridgehead atoms. The summed E-state index contributed by atoms with van der Waals surface area (Å²) < 4.78 is 0. The third kappa shape index (κ3) is 2.29. The van der Waals surface area contributed by atoms with Crippen LogP contribution in [0.4, 0.5) is 0 Å². The Morgan fingerprint density at radius 1 is 0.562 bits per heavy atom. The van der Waals surface area contributed by atoms with Crippen LogP contribution in [0.25, 0.3) is 43.4 Å². The quantitative estimate of drug-likeness (QED) is 0.237. The molecule has 7 rings (SSSR count). The molecule has 1 heterocycles. The van der Waals surface area contributed by atoms with E-state index in [9.17, 15) is 0 Å². The van der Waals surface area contributed by atoms with Crippen molar-refractivity contribution in [2.75, 3.05) is 0 Å². The first-order valence-corrected chi connectivity index (χ1v) is 11.6. The smallest absolute Gasteiger partial charge is 0.0686 e. The third-order valence-corrected chi connectivity index (χ3v) is 7.46. The van der Waals surface area contributed by atoms with Crippen molar-refractivity contribution in [1.29, 1.82) is 0 Å². The van der Waals surface area contributed by atoms with Gasteiger partial charge in [-0.05, 0) is 61.0 Å². The number of benzene rings is 6. The Hall–Kier alpha value is -3.58. The maximum absolute atomic E-state index is 2.44. The van der Waals surface area contributed by atoms with Crippen molar-refractivity contribution in [2.45, 2.75) is 19.8 Å². The van der Waals surface area contributed by atoms with Gasteiger partial charge in [0.2, 0.25) is 6.71 Å². The third-order valence-electron chi connectivity index (χ3n) is 7.46.